The number of aliphatic hydroxyl groups is 1. The van der Waals surface area contributed by atoms with Gasteiger partial charge in [0, 0.05) is 13.1 Å². The topological polar surface area (TPSA) is 23.5 Å². The van der Waals surface area contributed by atoms with Crippen LogP contribution in [-0.2, 0) is 0 Å². The molecule has 4 unspecified atom stereocenters. The molecule has 0 aromatic carbocycles. The third-order valence-electron chi connectivity index (χ3n) is 5.32. The number of nitrogens with zero attached hydrogens (tertiary/aromatic N) is 1. The van der Waals surface area contributed by atoms with Gasteiger partial charge in [0.15, 0.2) is 0 Å². The van der Waals surface area contributed by atoms with Crippen molar-refractivity contribution in [2.24, 2.45) is 23.2 Å². The molecule has 0 radical (unpaired) electrons. The number of aliphatic hydroxyl groups excluding tert-OH is 1. The standard InChI is InChI=1S/C15H29NO/c1-11-6-8-16(9-12(11)2)10-13-5-7-15(3,4)14(13)17/h11-14,17H,5-10H2,1-4H3. The van der Waals surface area contributed by atoms with Gasteiger partial charge in [0.2, 0.25) is 0 Å². The van der Waals surface area contributed by atoms with Crippen molar-refractivity contribution in [1.82, 2.24) is 4.90 Å². The largest absolute Gasteiger partial charge is 0.392 e. The van der Waals surface area contributed by atoms with E-state index < -0.39 is 0 Å². The number of hydrogen-bond acceptors (Lipinski definition) is 2. The van der Waals surface area contributed by atoms with Gasteiger partial charge in [-0.2, -0.15) is 0 Å². The molecule has 17 heavy (non-hydrogen) atoms. The highest BCUT2D eigenvalue weighted by Gasteiger charge is 2.41. The summed E-state index contributed by atoms with van der Waals surface area (Å²) in [6.45, 7) is 12.7. The summed E-state index contributed by atoms with van der Waals surface area (Å²) < 4.78 is 0. The Hall–Kier alpha value is -0.0800. The van der Waals surface area contributed by atoms with Crippen LogP contribution in [0.15, 0.2) is 0 Å². The Morgan fingerprint density at radius 2 is 1.88 bits per heavy atom. The SMILES string of the molecule is CC1CCN(CC2CCC(C)(C)C2O)CC1C. The molecule has 1 N–H and O–H groups in total. The normalized spacial score (nSPS) is 42.9. The van der Waals surface area contributed by atoms with E-state index in [4.69, 9.17) is 0 Å². The highest BCUT2D eigenvalue weighted by Crippen LogP contribution is 2.41. The van der Waals surface area contributed by atoms with Crippen LogP contribution in [0.4, 0.5) is 0 Å². The van der Waals surface area contributed by atoms with Gasteiger partial charge in [-0.1, -0.05) is 27.7 Å². The molecule has 2 rings (SSSR count). The second-order valence-corrected chi connectivity index (χ2v) is 7.23. The molecular formula is C15H29NO. The van der Waals surface area contributed by atoms with E-state index in [0.717, 1.165) is 18.4 Å². The minimum absolute atomic E-state index is 0.0999. The van der Waals surface area contributed by atoms with Crippen LogP contribution in [0.5, 0.6) is 0 Å². The molecule has 0 bridgehead atoms. The summed E-state index contributed by atoms with van der Waals surface area (Å²) in [6, 6.07) is 0. The molecule has 2 fully saturated rings. The lowest BCUT2D eigenvalue weighted by atomic mass is 9.86. The minimum atomic E-state index is -0.0999. The van der Waals surface area contributed by atoms with E-state index >= 15 is 0 Å². The van der Waals surface area contributed by atoms with Crippen LogP contribution >= 0.6 is 0 Å². The molecule has 0 amide bonds. The third-order valence-corrected chi connectivity index (χ3v) is 5.32. The molecule has 0 aromatic heterocycles. The van der Waals surface area contributed by atoms with Gasteiger partial charge in [0.05, 0.1) is 6.10 Å². The fourth-order valence-electron chi connectivity index (χ4n) is 3.54. The number of piperidine rings is 1. The average molecular weight is 239 g/mol. The van der Waals surface area contributed by atoms with Crippen LogP contribution in [0.3, 0.4) is 0 Å². The van der Waals surface area contributed by atoms with E-state index in [1.165, 1.54) is 32.4 Å². The molecular weight excluding hydrogens is 210 g/mol. The van der Waals surface area contributed by atoms with Crippen molar-refractivity contribution in [1.29, 1.82) is 0 Å². The van der Waals surface area contributed by atoms with Gasteiger partial charge >= 0.3 is 0 Å². The van der Waals surface area contributed by atoms with Crippen LogP contribution in [0, 0.1) is 23.2 Å². The molecule has 1 heterocycles. The van der Waals surface area contributed by atoms with Crippen molar-refractivity contribution in [2.45, 2.75) is 53.1 Å². The second-order valence-electron chi connectivity index (χ2n) is 7.23. The summed E-state index contributed by atoms with van der Waals surface area (Å²) in [4.78, 5) is 2.58. The second kappa shape index (κ2) is 4.89. The van der Waals surface area contributed by atoms with Crippen molar-refractivity contribution in [3.63, 3.8) is 0 Å². The summed E-state index contributed by atoms with van der Waals surface area (Å²) in [6.07, 6.45) is 3.61. The smallest absolute Gasteiger partial charge is 0.0631 e. The zero-order valence-corrected chi connectivity index (χ0v) is 11.9. The van der Waals surface area contributed by atoms with Crippen LogP contribution in [0.25, 0.3) is 0 Å². The molecule has 100 valence electrons. The summed E-state index contributed by atoms with van der Waals surface area (Å²) in [5.41, 5.74) is 0.138. The Bertz CT molecular complexity index is 264. The highest BCUT2D eigenvalue weighted by atomic mass is 16.3. The van der Waals surface area contributed by atoms with Crippen LogP contribution in [0.2, 0.25) is 0 Å². The molecule has 4 atom stereocenters. The first-order valence-electron chi connectivity index (χ1n) is 7.30. The Morgan fingerprint density at radius 3 is 2.41 bits per heavy atom. The van der Waals surface area contributed by atoms with Crippen LogP contribution in [0.1, 0.15) is 47.0 Å². The number of likely N-dealkylation sites (tertiary alicyclic amines) is 1. The summed E-state index contributed by atoms with van der Waals surface area (Å²) in [5.74, 6) is 2.19. The number of rotatable bonds is 2. The number of hydrogen-bond donors (Lipinski definition) is 1. The summed E-state index contributed by atoms with van der Waals surface area (Å²) in [5, 5.41) is 10.3. The van der Waals surface area contributed by atoms with Gasteiger partial charge in [-0.15, -0.1) is 0 Å². The Morgan fingerprint density at radius 1 is 1.18 bits per heavy atom. The lowest BCUT2D eigenvalue weighted by Crippen LogP contribution is -2.43. The molecule has 2 aliphatic rings. The Kier molecular flexibility index (Phi) is 3.84. The lowest BCUT2D eigenvalue weighted by Gasteiger charge is -2.37. The monoisotopic (exact) mass is 239 g/mol. The van der Waals surface area contributed by atoms with Gasteiger partial charge in [-0.05, 0) is 49.0 Å². The van der Waals surface area contributed by atoms with E-state index in [9.17, 15) is 5.11 Å². The van der Waals surface area contributed by atoms with Gasteiger partial charge < -0.3 is 10.0 Å². The molecule has 1 aliphatic carbocycles. The molecule has 0 spiro atoms. The van der Waals surface area contributed by atoms with Crippen LogP contribution < -0.4 is 0 Å². The maximum Gasteiger partial charge on any atom is 0.0631 e. The quantitative estimate of drug-likeness (QED) is 0.801. The fourth-order valence-corrected chi connectivity index (χ4v) is 3.54. The van der Waals surface area contributed by atoms with E-state index in [2.05, 4.69) is 32.6 Å². The highest BCUT2D eigenvalue weighted by molar-refractivity contribution is 4.92. The zero-order chi connectivity index (χ0) is 12.6. The molecule has 1 aliphatic heterocycles. The maximum absolute atomic E-state index is 10.3. The first-order chi connectivity index (χ1) is 7.90. The Balaban J connectivity index is 1.86. The van der Waals surface area contributed by atoms with E-state index in [1.807, 2.05) is 0 Å². The first kappa shape index (κ1) is 13.4. The van der Waals surface area contributed by atoms with Crippen molar-refractivity contribution in [3.05, 3.63) is 0 Å². The van der Waals surface area contributed by atoms with E-state index in [1.54, 1.807) is 0 Å². The maximum atomic E-state index is 10.3. The van der Waals surface area contributed by atoms with Crippen molar-refractivity contribution in [3.8, 4) is 0 Å². The minimum Gasteiger partial charge on any atom is -0.392 e. The van der Waals surface area contributed by atoms with Crippen molar-refractivity contribution < 1.29 is 5.11 Å². The average Bonchev–Trinajstić information content (AvgIpc) is 2.51. The lowest BCUT2D eigenvalue weighted by molar-refractivity contribution is 0.0231. The summed E-state index contributed by atoms with van der Waals surface area (Å²) in [7, 11) is 0. The Labute approximate surface area is 106 Å². The van der Waals surface area contributed by atoms with Gasteiger partial charge in [-0.25, -0.2) is 0 Å². The molecule has 2 heteroatoms. The molecule has 1 saturated heterocycles. The van der Waals surface area contributed by atoms with E-state index in [-0.39, 0.29) is 11.5 Å². The fraction of sp³-hybridized carbons (Fsp3) is 1.00. The molecule has 2 nitrogen and oxygen atoms in total. The van der Waals surface area contributed by atoms with Crippen molar-refractivity contribution in [2.75, 3.05) is 19.6 Å². The van der Waals surface area contributed by atoms with Gasteiger partial charge in [-0.3, -0.25) is 0 Å². The van der Waals surface area contributed by atoms with Gasteiger partial charge in [0.25, 0.3) is 0 Å². The molecule has 0 aromatic rings. The van der Waals surface area contributed by atoms with Gasteiger partial charge in [0.1, 0.15) is 0 Å². The first-order valence-corrected chi connectivity index (χ1v) is 7.30. The zero-order valence-electron chi connectivity index (χ0n) is 11.9. The van der Waals surface area contributed by atoms with E-state index in [0.29, 0.717) is 5.92 Å². The van der Waals surface area contributed by atoms with Crippen molar-refractivity contribution >= 4 is 0 Å². The third kappa shape index (κ3) is 2.85. The molecule has 1 saturated carbocycles. The van der Waals surface area contributed by atoms with Crippen LogP contribution in [-0.4, -0.2) is 35.7 Å². The summed E-state index contributed by atoms with van der Waals surface area (Å²) >= 11 is 0. The predicted octanol–water partition coefficient (Wildman–Crippen LogP) is 2.76. The predicted molar refractivity (Wildman–Crippen MR) is 71.9 cm³/mol.